The molecule has 1 aromatic carbocycles. The third-order valence-electron chi connectivity index (χ3n) is 6.59. The summed E-state index contributed by atoms with van der Waals surface area (Å²) in [6.07, 6.45) is 2.31. The van der Waals surface area contributed by atoms with Crippen molar-refractivity contribution in [3.8, 4) is 0 Å². The number of rotatable bonds is 9. The number of nitrogens with zero attached hydrogens (tertiary/aromatic N) is 2. The van der Waals surface area contributed by atoms with E-state index in [1.165, 1.54) is 11.0 Å². The van der Waals surface area contributed by atoms with E-state index in [1.54, 1.807) is 6.07 Å². The van der Waals surface area contributed by atoms with Gasteiger partial charge in [0.25, 0.3) is 0 Å². The van der Waals surface area contributed by atoms with Crippen LogP contribution in [-0.2, 0) is 58.7 Å². The van der Waals surface area contributed by atoms with E-state index in [4.69, 9.17) is 17.2 Å². The van der Waals surface area contributed by atoms with Crippen molar-refractivity contribution < 1.29 is 50.7 Å². The summed E-state index contributed by atoms with van der Waals surface area (Å²) >= 11 is 0. The van der Waals surface area contributed by atoms with Crippen LogP contribution >= 0.6 is 0 Å². The number of carbonyl (C=O) groups is 2. The smallest absolute Gasteiger partial charge is 0.243 e. The van der Waals surface area contributed by atoms with E-state index >= 15 is 0 Å². The van der Waals surface area contributed by atoms with Gasteiger partial charge in [-0.05, 0) is 55.6 Å². The van der Waals surface area contributed by atoms with Gasteiger partial charge in [0.05, 0.1) is 17.6 Å². The second-order valence-electron chi connectivity index (χ2n) is 9.64. The molecule has 4 atom stereocenters. The Morgan fingerprint density at radius 1 is 1.27 bits per heavy atom. The number of nitrogens with one attached hydrogen (secondary N) is 3. The SMILES string of the molecule is CC1CNc2c(cccc2S(=O)(=O)NC(CCCN=C(N)N)C(=O)N2CCC(C)CC2C([NH-])=O)C1.[CH3-].[Y]. The van der Waals surface area contributed by atoms with Gasteiger partial charge in [0.1, 0.15) is 10.9 Å². The first kappa shape index (κ1) is 33.3. The Morgan fingerprint density at radius 2 is 1.97 bits per heavy atom. The molecular weight excluding hydrogens is 571 g/mol. The molecule has 2 aliphatic rings. The molecule has 1 aromatic rings. The van der Waals surface area contributed by atoms with E-state index in [2.05, 4.69) is 22.0 Å². The molecule has 13 heteroatoms. The van der Waals surface area contributed by atoms with Crippen molar-refractivity contribution in [2.75, 3.05) is 25.0 Å². The molecule has 1 radical (unpaired) electrons. The molecule has 0 aliphatic carbocycles. The monoisotopic (exact) mass is 610 g/mol. The van der Waals surface area contributed by atoms with Crippen LogP contribution in [0.4, 0.5) is 5.69 Å². The van der Waals surface area contributed by atoms with Gasteiger partial charge in [-0.1, -0.05) is 26.0 Å². The molecule has 2 aliphatic heterocycles. The van der Waals surface area contributed by atoms with Crippen LogP contribution in [0.1, 0.15) is 45.1 Å². The molecule has 0 spiro atoms. The zero-order valence-electron chi connectivity index (χ0n) is 21.9. The summed E-state index contributed by atoms with van der Waals surface area (Å²) in [4.78, 5) is 30.9. The molecule has 3 rings (SSSR count). The van der Waals surface area contributed by atoms with Crippen molar-refractivity contribution in [3.05, 3.63) is 36.9 Å². The minimum absolute atomic E-state index is 0. The number of hydrogen-bond acceptors (Lipinski definition) is 6. The van der Waals surface area contributed by atoms with Gasteiger partial charge in [-0.25, -0.2) is 8.42 Å². The Balaban J connectivity index is 0.00000342. The summed E-state index contributed by atoms with van der Waals surface area (Å²) in [6.45, 7) is 5.23. The number of anilines is 1. The summed E-state index contributed by atoms with van der Waals surface area (Å²) in [5.74, 6) is -0.877. The number of amides is 2. The second-order valence-corrected chi connectivity index (χ2v) is 11.3. The molecule has 4 unspecified atom stereocenters. The minimum Gasteiger partial charge on any atom is -0.666 e. The van der Waals surface area contributed by atoms with Gasteiger partial charge in [0.2, 0.25) is 15.9 Å². The molecule has 0 saturated carbocycles. The largest absolute Gasteiger partial charge is 0.666 e. The fraction of sp³-hybridized carbons (Fsp3) is 0.583. The van der Waals surface area contributed by atoms with E-state index in [1.807, 2.05) is 13.0 Å². The number of nitrogens with two attached hydrogens (primary N) is 2. The van der Waals surface area contributed by atoms with E-state index in [0.29, 0.717) is 44.0 Å². The number of carbonyl (C=O) groups excluding carboxylic acids is 2. The summed E-state index contributed by atoms with van der Waals surface area (Å²) < 4.78 is 29.6. The second kappa shape index (κ2) is 14.4. The minimum atomic E-state index is -4.08. The maximum atomic E-state index is 13.6. The van der Waals surface area contributed by atoms with E-state index in [9.17, 15) is 18.0 Å². The number of benzene rings is 1. The topological polar surface area (TPSA) is 184 Å². The van der Waals surface area contributed by atoms with Gasteiger partial charge in [0, 0.05) is 52.3 Å². The van der Waals surface area contributed by atoms with Gasteiger partial charge in [0.15, 0.2) is 5.96 Å². The fourth-order valence-corrected chi connectivity index (χ4v) is 6.19. The standard InChI is InChI=1S/C23H37N7O4S.CH3.Y/c1-14-8-10-30(18(12-14)21(24)31)22(32)17(6-4-9-27-23(25)26)29-35(33,34)19-7-3-5-16-11-15(2)13-28-20(16)19;;/h3,5,7,14-15,17-18,28-29H,4,6,8-13H2,1-2H3,(H6,24,25,26,27,31);1H3;/q;-1;/p-1. The average molecular weight is 611 g/mol. The van der Waals surface area contributed by atoms with E-state index in [0.717, 1.165) is 12.0 Å². The maximum absolute atomic E-state index is 13.6. The third-order valence-corrected chi connectivity index (χ3v) is 8.10. The van der Waals surface area contributed by atoms with Crippen LogP contribution in [0.2, 0.25) is 0 Å². The Morgan fingerprint density at radius 3 is 2.62 bits per heavy atom. The number of piperidine rings is 1. The van der Waals surface area contributed by atoms with Crippen LogP contribution < -0.4 is 21.5 Å². The zero-order chi connectivity index (χ0) is 25.8. The first-order valence-corrected chi connectivity index (χ1v) is 13.5. The molecular formula is C24H39N7O4SY-2. The number of sulfonamides is 1. The molecule has 37 heavy (non-hydrogen) atoms. The quantitative estimate of drug-likeness (QED) is 0.142. The molecule has 205 valence electrons. The van der Waals surface area contributed by atoms with Crippen molar-refractivity contribution in [2.24, 2.45) is 28.3 Å². The predicted molar refractivity (Wildman–Crippen MR) is 141 cm³/mol. The Labute approximate surface area is 245 Å². The molecule has 2 amide bonds. The van der Waals surface area contributed by atoms with Crippen LogP contribution in [0.25, 0.3) is 5.73 Å². The predicted octanol–water partition coefficient (Wildman–Crippen LogP) is 1.64. The number of fused-ring (bicyclic) bond motifs is 1. The van der Waals surface area contributed by atoms with Gasteiger partial charge < -0.3 is 39.6 Å². The first-order valence-electron chi connectivity index (χ1n) is 12.0. The zero-order valence-corrected chi connectivity index (χ0v) is 25.5. The van der Waals surface area contributed by atoms with Crippen LogP contribution in [0.5, 0.6) is 0 Å². The van der Waals surface area contributed by atoms with Crippen molar-refractivity contribution in [1.82, 2.24) is 9.62 Å². The molecule has 7 N–H and O–H groups in total. The van der Waals surface area contributed by atoms with Gasteiger partial charge in [-0.3, -0.25) is 9.79 Å². The normalized spacial score (nSPS) is 21.8. The molecule has 0 aromatic heterocycles. The Hall–Kier alpha value is -1.76. The number of para-hydroxylation sites is 1. The maximum Gasteiger partial charge on any atom is 0.243 e. The Kier molecular flexibility index (Phi) is 13.0. The molecule has 0 bridgehead atoms. The van der Waals surface area contributed by atoms with Crippen LogP contribution in [0.3, 0.4) is 0 Å². The van der Waals surface area contributed by atoms with Crippen molar-refractivity contribution in [2.45, 2.75) is 62.9 Å². The number of likely N-dealkylation sites (tertiary alicyclic amines) is 1. The van der Waals surface area contributed by atoms with Crippen molar-refractivity contribution in [1.29, 1.82) is 0 Å². The molecule has 1 saturated heterocycles. The van der Waals surface area contributed by atoms with Gasteiger partial charge >= 0.3 is 0 Å². The van der Waals surface area contributed by atoms with Crippen LogP contribution in [0, 0.1) is 19.3 Å². The fourth-order valence-electron chi connectivity index (χ4n) is 4.74. The van der Waals surface area contributed by atoms with Crippen LogP contribution in [-0.4, -0.2) is 62.8 Å². The summed E-state index contributed by atoms with van der Waals surface area (Å²) in [5, 5.41) is 3.22. The molecule has 1 fully saturated rings. The summed E-state index contributed by atoms with van der Waals surface area (Å²) in [5.41, 5.74) is 19.9. The Bertz CT molecular complexity index is 1080. The average Bonchev–Trinajstić information content (AvgIpc) is 2.79. The first-order chi connectivity index (χ1) is 16.5. The van der Waals surface area contributed by atoms with E-state index in [-0.39, 0.29) is 69.9 Å². The summed E-state index contributed by atoms with van der Waals surface area (Å²) in [6, 6.07) is 3.10. The van der Waals surface area contributed by atoms with E-state index < -0.39 is 33.9 Å². The van der Waals surface area contributed by atoms with Crippen LogP contribution in [0.15, 0.2) is 28.1 Å². The number of guanidine groups is 1. The number of hydrogen-bond donors (Lipinski definition) is 4. The molecule has 11 nitrogen and oxygen atoms in total. The van der Waals surface area contributed by atoms with Crippen molar-refractivity contribution >= 4 is 33.5 Å². The number of aliphatic imine (C=N–C) groups is 1. The summed E-state index contributed by atoms with van der Waals surface area (Å²) in [7, 11) is -4.08. The van der Waals surface area contributed by atoms with Crippen molar-refractivity contribution in [3.63, 3.8) is 0 Å². The van der Waals surface area contributed by atoms with Gasteiger partial charge in [-0.15, -0.1) is 0 Å². The van der Waals surface area contributed by atoms with Gasteiger partial charge in [-0.2, -0.15) is 4.72 Å². The molecule has 2 heterocycles. The third kappa shape index (κ3) is 8.63.